The van der Waals surface area contributed by atoms with Gasteiger partial charge in [-0.2, -0.15) is 0 Å². The van der Waals surface area contributed by atoms with Crippen LogP contribution in [0.3, 0.4) is 0 Å². The molecular formula is C13H24N2S. The predicted molar refractivity (Wildman–Crippen MR) is 72.1 cm³/mol. The number of nitrogens with zero attached hydrogens (tertiary/aromatic N) is 1. The number of nitrogens with one attached hydrogen (secondary N) is 1. The average molecular weight is 240 g/mol. The molecule has 16 heavy (non-hydrogen) atoms. The number of hydrogen-bond donors (Lipinski definition) is 1. The van der Waals surface area contributed by atoms with Crippen molar-refractivity contribution < 1.29 is 0 Å². The van der Waals surface area contributed by atoms with E-state index in [1.807, 2.05) is 11.3 Å². The van der Waals surface area contributed by atoms with Crippen LogP contribution >= 0.6 is 11.3 Å². The molecule has 0 radical (unpaired) electrons. The molecule has 0 aliphatic rings. The van der Waals surface area contributed by atoms with Crippen molar-refractivity contribution in [2.75, 3.05) is 6.54 Å². The summed E-state index contributed by atoms with van der Waals surface area (Å²) >= 11 is 1.86. The molecule has 1 aromatic heterocycles. The SMILES string of the molecule is CCNC(CC(C)C)c1nc(CC)c(C)s1. The zero-order valence-corrected chi connectivity index (χ0v) is 11.9. The smallest absolute Gasteiger partial charge is 0.110 e. The Kier molecular flexibility index (Phi) is 5.42. The van der Waals surface area contributed by atoms with Crippen LogP contribution in [-0.2, 0) is 6.42 Å². The highest BCUT2D eigenvalue weighted by Crippen LogP contribution is 2.27. The second-order valence-corrected chi connectivity index (χ2v) is 5.88. The molecule has 1 unspecified atom stereocenters. The topological polar surface area (TPSA) is 24.9 Å². The molecule has 2 nitrogen and oxygen atoms in total. The van der Waals surface area contributed by atoms with Crippen LogP contribution in [0.2, 0.25) is 0 Å². The minimum atomic E-state index is 0.439. The van der Waals surface area contributed by atoms with Crippen molar-refractivity contribution in [2.24, 2.45) is 5.92 Å². The molecule has 0 spiro atoms. The third-order valence-electron chi connectivity index (χ3n) is 2.70. The monoisotopic (exact) mass is 240 g/mol. The molecule has 1 atom stereocenters. The van der Waals surface area contributed by atoms with Gasteiger partial charge >= 0.3 is 0 Å². The van der Waals surface area contributed by atoms with Crippen LogP contribution in [-0.4, -0.2) is 11.5 Å². The van der Waals surface area contributed by atoms with Crippen LogP contribution in [0.25, 0.3) is 0 Å². The van der Waals surface area contributed by atoms with Crippen molar-refractivity contribution >= 4 is 11.3 Å². The molecule has 1 heterocycles. The third kappa shape index (κ3) is 3.56. The van der Waals surface area contributed by atoms with Gasteiger partial charge in [0.1, 0.15) is 5.01 Å². The van der Waals surface area contributed by atoms with Crippen LogP contribution in [0.1, 0.15) is 55.7 Å². The molecule has 92 valence electrons. The highest BCUT2D eigenvalue weighted by atomic mass is 32.1. The number of hydrogen-bond acceptors (Lipinski definition) is 3. The molecule has 0 fully saturated rings. The summed E-state index contributed by atoms with van der Waals surface area (Å²) < 4.78 is 0. The molecule has 0 saturated heterocycles. The fourth-order valence-corrected chi connectivity index (χ4v) is 3.02. The molecule has 1 rings (SSSR count). The van der Waals surface area contributed by atoms with E-state index in [-0.39, 0.29) is 0 Å². The molecule has 0 aliphatic carbocycles. The summed E-state index contributed by atoms with van der Waals surface area (Å²) in [5.41, 5.74) is 1.27. The average Bonchev–Trinajstić information content (AvgIpc) is 2.58. The summed E-state index contributed by atoms with van der Waals surface area (Å²) in [6, 6.07) is 0.439. The normalized spacial score (nSPS) is 13.4. The lowest BCUT2D eigenvalue weighted by molar-refractivity contribution is 0.436. The van der Waals surface area contributed by atoms with Crippen molar-refractivity contribution in [1.29, 1.82) is 0 Å². The van der Waals surface area contributed by atoms with Gasteiger partial charge in [-0.1, -0.05) is 27.7 Å². The first kappa shape index (κ1) is 13.7. The first-order valence-electron chi connectivity index (χ1n) is 6.28. The van der Waals surface area contributed by atoms with Crippen molar-refractivity contribution in [3.63, 3.8) is 0 Å². The maximum absolute atomic E-state index is 4.76. The van der Waals surface area contributed by atoms with E-state index in [0.29, 0.717) is 12.0 Å². The Bertz CT molecular complexity index is 318. The number of rotatable bonds is 6. The predicted octanol–water partition coefficient (Wildman–Crippen LogP) is 3.71. The summed E-state index contributed by atoms with van der Waals surface area (Å²) in [6.07, 6.45) is 2.22. The van der Waals surface area contributed by atoms with E-state index < -0.39 is 0 Å². The van der Waals surface area contributed by atoms with Gasteiger partial charge in [-0.25, -0.2) is 4.98 Å². The second-order valence-electron chi connectivity index (χ2n) is 4.65. The second kappa shape index (κ2) is 6.36. The molecule has 0 bridgehead atoms. The summed E-state index contributed by atoms with van der Waals surface area (Å²) in [7, 11) is 0. The van der Waals surface area contributed by atoms with Crippen LogP contribution in [0.5, 0.6) is 0 Å². The van der Waals surface area contributed by atoms with Gasteiger partial charge in [-0.3, -0.25) is 0 Å². The summed E-state index contributed by atoms with van der Waals surface area (Å²) in [4.78, 5) is 6.14. The minimum Gasteiger partial charge on any atom is -0.308 e. The van der Waals surface area contributed by atoms with Gasteiger partial charge in [-0.05, 0) is 32.2 Å². The van der Waals surface area contributed by atoms with Crippen molar-refractivity contribution in [3.8, 4) is 0 Å². The molecule has 3 heteroatoms. The number of thiazole rings is 1. The molecule has 0 aliphatic heterocycles. The summed E-state index contributed by atoms with van der Waals surface area (Å²) in [5, 5.41) is 4.81. The van der Waals surface area contributed by atoms with E-state index in [9.17, 15) is 0 Å². The Labute approximate surface area is 103 Å². The third-order valence-corrected chi connectivity index (χ3v) is 3.83. The Balaban J connectivity index is 2.83. The maximum atomic E-state index is 4.76. The Morgan fingerprint density at radius 2 is 2.00 bits per heavy atom. The van der Waals surface area contributed by atoms with Gasteiger partial charge in [0.05, 0.1) is 11.7 Å². The molecule has 0 aromatic carbocycles. The molecule has 1 aromatic rings. The maximum Gasteiger partial charge on any atom is 0.110 e. The Morgan fingerprint density at radius 1 is 1.31 bits per heavy atom. The summed E-state index contributed by atoms with van der Waals surface area (Å²) in [6.45, 7) is 12.1. The Morgan fingerprint density at radius 3 is 2.44 bits per heavy atom. The number of aryl methyl sites for hydroxylation is 2. The first-order valence-corrected chi connectivity index (χ1v) is 7.09. The highest BCUT2D eigenvalue weighted by molar-refractivity contribution is 7.11. The standard InChI is InChI=1S/C13H24N2S/c1-6-11-10(5)16-13(15-11)12(14-7-2)8-9(3)4/h9,12,14H,6-8H2,1-5H3. The first-order chi connectivity index (χ1) is 7.58. The Hall–Kier alpha value is -0.410. The molecule has 1 N–H and O–H groups in total. The van der Waals surface area contributed by atoms with E-state index in [4.69, 9.17) is 4.98 Å². The van der Waals surface area contributed by atoms with Gasteiger partial charge in [0.15, 0.2) is 0 Å². The molecule has 0 saturated carbocycles. The van der Waals surface area contributed by atoms with E-state index in [2.05, 4.69) is 39.9 Å². The zero-order chi connectivity index (χ0) is 12.1. The van der Waals surface area contributed by atoms with Crippen molar-refractivity contribution in [1.82, 2.24) is 10.3 Å². The quantitative estimate of drug-likeness (QED) is 0.820. The van der Waals surface area contributed by atoms with Crippen LogP contribution < -0.4 is 5.32 Å². The largest absolute Gasteiger partial charge is 0.308 e. The van der Waals surface area contributed by atoms with Gasteiger partial charge in [0.2, 0.25) is 0 Å². The van der Waals surface area contributed by atoms with Crippen LogP contribution in [0.4, 0.5) is 0 Å². The zero-order valence-electron chi connectivity index (χ0n) is 11.1. The lowest BCUT2D eigenvalue weighted by Crippen LogP contribution is -2.22. The minimum absolute atomic E-state index is 0.439. The lowest BCUT2D eigenvalue weighted by Gasteiger charge is -2.17. The van der Waals surface area contributed by atoms with Gasteiger partial charge in [0, 0.05) is 4.88 Å². The lowest BCUT2D eigenvalue weighted by atomic mass is 10.0. The van der Waals surface area contributed by atoms with E-state index in [0.717, 1.165) is 13.0 Å². The summed E-state index contributed by atoms with van der Waals surface area (Å²) in [5.74, 6) is 0.707. The fraction of sp³-hybridized carbons (Fsp3) is 0.769. The molecular weight excluding hydrogens is 216 g/mol. The van der Waals surface area contributed by atoms with E-state index >= 15 is 0 Å². The van der Waals surface area contributed by atoms with Crippen molar-refractivity contribution in [2.45, 2.75) is 53.5 Å². The van der Waals surface area contributed by atoms with Gasteiger partial charge in [0.25, 0.3) is 0 Å². The molecule has 0 amide bonds. The van der Waals surface area contributed by atoms with E-state index in [1.165, 1.54) is 22.0 Å². The number of aromatic nitrogens is 1. The fourth-order valence-electron chi connectivity index (χ4n) is 1.92. The van der Waals surface area contributed by atoms with Crippen LogP contribution in [0.15, 0.2) is 0 Å². The highest BCUT2D eigenvalue weighted by Gasteiger charge is 2.17. The van der Waals surface area contributed by atoms with Gasteiger partial charge in [-0.15, -0.1) is 11.3 Å². The van der Waals surface area contributed by atoms with Crippen LogP contribution in [0, 0.1) is 12.8 Å². The van der Waals surface area contributed by atoms with Gasteiger partial charge < -0.3 is 5.32 Å². The van der Waals surface area contributed by atoms with Crippen molar-refractivity contribution in [3.05, 3.63) is 15.6 Å². The van der Waals surface area contributed by atoms with E-state index in [1.54, 1.807) is 0 Å².